The van der Waals surface area contributed by atoms with Gasteiger partial charge >= 0.3 is 0 Å². The van der Waals surface area contributed by atoms with Crippen LogP contribution in [0.3, 0.4) is 0 Å². The average Bonchev–Trinajstić information content (AvgIpc) is 2.51. The number of benzene rings is 2. The summed E-state index contributed by atoms with van der Waals surface area (Å²) in [5.74, 6) is 0.866. The van der Waals surface area contributed by atoms with E-state index in [0.29, 0.717) is 13.3 Å². The Balaban J connectivity index is 1.83. The van der Waals surface area contributed by atoms with Gasteiger partial charge in [0, 0.05) is 31.5 Å². The average molecular weight is 271 g/mol. The van der Waals surface area contributed by atoms with Crippen molar-refractivity contribution in [3.05, 3.63) is 60.2 Å². The van der Waals surface area contributed by atoms with Crippen LogP contribution < -0.4 is 21.1 Å². The minimum atomic E-state index is 0.502. The largest absolute Gasteiger partial charge is 0.489 e. The Bertz CT molecular complexity index is 502. The predicted octanol–water partition coefficient (Wildman–Crippen LogP) is 2.18. The van der Waals surface area contributed by atoms with E-state index in [1.54, 1.807) is 0 Å². The number of rotatable bonds is 8. The number of hydrogen-bond donors (Lipinski definition) is 3. The molecule has 0 radical (unpaired) electrons. The molecule has 0 atom stereocenters. The van der Waals surface area contributed by atoms with Crippen LogP contribution in [0.15, 0.2) is 54.6 Å². The second kappa shape index (κ2) is 8.19. The molecular weight excluding hydrogens is 250 g/mol. The van der Waals surface area contributed by atoms with Gasteiger partial charge in [-0.2, -0.15) is 0 Å². The standard InChI is InChI=1S/C16H21N3O/c17-13-18-9-10-19-15-7-4-8-16(11-15)20-12-14-5-2-1-3-6-14/h1-8,11,18-19H,9-10,12-13,17H2. The molecule has 0 aromatic heterocycles. The van der Waals surface area contributed by atoms with Crippen molar-refractivity contribution in [2.75, 3.05) is 25.1 Å². The third kappa shape index (κ3) is 4.91. The summed E-state index contributed by atoms with van der Waals surface area (Å²) in [7, 11) is 0. The third-order valence-corrected chi connectivity index (χ3v) is 2.86. The topological polar surface area (TPSA) is 59.3 Å². The molecule has 0 fully saturated rings. The lowest BCUT2D eigenvalue weighted by Crippen LogP contribution is -2.27. The van der Waals surface area contributed by atoms with Crippen LogP contribution in [-0.2, 0) is 6.61 Å². The Morgan fingerprint density at radius 2 is 1.80 bits per heavy atom. The van der Waals surface area contributed by atoms with E-state index in [4.69, 9.17) is 10.5 Å². The van der Waals surface area contributed by atoms with Crippen molar-refractivity contribution in [1.82, 2.24) is 5.32 Å². The molecule has 2 aromatic rings. The summed E-state index contributed by atoms with van der Waals surface area (Å²) in [5.41, 5.74) is 7.58. The van der Waals surface area contributed by atoms with Gasteiger partial charge in [-0.25, -0.2) is 0 Å². The van der Waals surface area contributed by atoms with Crippen molar-refractivity contribution in [2.24, 2.45) is 5.73 Å². The second-order valence-electron chi connectivity index (χ2n) is 4.43. The zero-order chi connectivity index (χ0) is 14.0. The highest BCUT2D eigenvalue weighted by molar-refractivity contribution is 5.48. The summed E-state index contributed by atoms with van der Waals surface area (Å²) < 4.78 is 5.78. The molecule has 4 nitrogen and oxygen atoms in total. The Labute approximate surface area is 120 Å². The highest BCUT2D eigenvalue weighted by Gasteiger charge is 1.97. The van der Waals surface area contributed by atoms with Crippen molar-refractivity contribution < 1.29 is 4.74 Å². The van der Waals surface area contributed by atoms with E-state index in [1.165, 1.54) is 0 Å². The van der Waals surface area contributed by atoms with Crippen LogP contribution in [0.5, 0.6) is 5.75 Å². The fourth-order valence-electron chi connectivity index (χ4n) is 1.83. The van der Waals surface area contributed by atoms with Crippen LogP contribution in [0.1, 0.15) is 5.56 Å². The summed E-state index contributed by atoms with van der Waals surface area (Å²) in [4.78, 5) is 0. The van der Waals surface area contributed by atoms with E-state index in [2.05, 4.69) is 22.8 Å². The molecule has 0 unspecified atom stereocenters. The first-order valence-electron chi connectivity index (χ1n) is 6.80. The van der Waals surface area contributed by atoms with Crippen LogP contribution in [0.25, 0.3) is 0 Å². The lowest BCUT2D eigenvalue weighted by Gasteiger charge is -2.10. The monoisotopic (exact) mass is 271 g/mol. The molecule has 0 heterocycles. The molecule has 0 bridgehead atoms. The van der Waals surface area contributed by atoms with Crippen molar-refractivity contribution >= 4 is 5.69 Å². The predicted molar refractivity (Wildman–Crippen MR) is 82.8 cm³/mol. The molecular formula is C16H21N3O. The molecule has 4 heteroatoms. The van der Waals surface area contributed by atoms with Gasteiger partial charge in [-0.3, -0.25) is 0 Å². The molecule has 2 rings (SSSR count). The van der Waals surface area contributed by atoms with Crippen molar-refractivity contribution in [3.8, 4) is 5.75 Å². The summed E-state index contributed by atoms with van der Waals surface area (Å²) >= 11 is 0. The van der Waals surface area contributed by atoms with Gasteiger partial charge in [0.25, 0.3) is 0 Å². The fraction of sp³-hybridized carbons (Fsp3) is 0.250. The smallest absolute Gasteiger partial charge is 0.121 e. The van der Waals surface area contributed by atoms with Gasteiger partial charge < -0.3 is 21.1 Å². The molecule has 106 valence electrons. The molecule has 0 amide bonds. The van der Waals surface area contributed by atoms with Gasteiger partial charge in [0.15, 0.2) is 0 Å². The maximum Gasteiger partial charge on any atom is 0.121 e. The molecule has 0 saturated carbocycles. The van der Waals surface area contributed by atoms with Crippen LogP contribution in [0.4, 0.5) is 5.69 Å². The first-order chi connectivity index (χ1) is 9.88. The lowest BCUT2D eigenvalue weighted by molar-refractivity contribution is 0.306. The number of ether oxygens (including phenoxy) is 1. The first-order valence-corrected chi connectivity index (χ1v) is 6.80. The Kier molecular flexibility index (Phi) is 5.89. The van der Waals surface area contributed by atoms with Crippen molar-refractivity contribution in [2.45, 2.75) is 6.61 Å². The number of nitrogens with one attached hydrogen (secondary N) is 2. The van der Waals surface area contributed by atoms with Crippen molar-refractivity contribution in [1.29, 1.82) is 0 Å². The Morgan fingerprint density at radius 3 is 2.60 bits per heavy atom. The number of nitrogens with two attached hydrogens (primary N) is 1. The van der Waals surface area contributed by atoms with E-state index in [-0.39, 0.29) is 0 Å². The minimum Gasteiger partial charge on any atom is -0.489 e. The van der Waals surface area contributed by atoms with Gasteiger partial charge in [-0.1, -0.05) is 36.4 Å². The fourth-order valence-corrected chi connectivity index (χ4v) is 1.83. The SMILES string of the molecule is NCNCCNc1cccc(OCc2ccccc2)c1. The normalized spacial score (nSPS) is 10.2. The zero-order valence-corrected chi connectivity index (χ0v) is 11.5. The number of anilines is 1. The molecule has 4 N–H and O–H groups in total. The first kappa shape index (κ1) is 14.4. The Hall–Kier alpha value is -2.04. The highest BCUT2D eigenvalue weighted by Crippen LogP contribution is 2.18. The molecule has 0 aliphatic carbocycles. The summed E-state index contributed by atoms with van der Waals surface area (Å²) in [6.07, 6.45) is 0. The maximum atomic E-state index is 5.78. The lowest BCUT2D eigenvalue weighted by atomic mass is 10.2. The van der Waals surface area contributed by atoms with Crippen LogP contribution in [0.2, 0.25) is 0 Å². The third-order valence-electron chi connectivity index (χ3n) is 2.86. The van der Waals surface area contributed by atoms with E-state index in [1.807, 2.05) is 42.5 Å². The molecule has 0 aliphatic rings. The van der Waals surface area contributed by atoms with Gasteiger partial charge in [0.2, 0.25) is 0 Å². The van der Waals surface area contributed by atoms with Gasteiger partial charge in [0.05, 0.1) is 0 Å². The summed E-state index contributed by atoms with van der Waals surface area (Å²) in [5, 5.41) is 6.38. The maximum absolute atomic E-state index is 5.78. The molecule has 0 saturated heterocycles. The quantitative estimate of drug-likeness (QED) is 0.509. The van der Waals surface area contributed by atoms with Gasteiger partial charge in [0.1, 0.15) is 12.4 Å². The minimum absolute atomic E-state index is 0.502. The number of hydrogen-bond acceptors (Lipinski definition) is 4. The van der Waals surface area contributed by atoms with Gasteiger partial charge in [-0.05, 0) is 17.7 Å². The van der Waals surface area contributed by atoms with E-state index >= 15 is 0 Å². The summed E-state index contributed by atoms with van der Waals surface area (Å²) in [6, 6.07) is 18.1. The highest BCUT2D eigenvalue weighted by atomic mass is 16.5. The second-order valence-corrected chi connectivity index (χ2v) is 4.43. The van der Waals surface area contributed by atoms with E-state index in [9.17, 15) is 0 Å². The van der Waals surface area contributed by atoms with Crippen molar-refractivity contribution in [3.63, 3.8) is 0 Å². The molecule has 20 heavy (non-hydrogen) atoms. The van der Waals surface area contributed by atoms with E-state index < -0.39 is 0 Å². The molecule has 2 aromatic carbocycles. The summed E-state index contributed by atoms with van der Waals surface area (Å²) in [6.45, 7) is 2.76. The zero-order valence-electron chi connectivity index (χ0n) is 11.5. The van der Waals surface area contributed by atoms with E-state index in [0.717, 1.165) is 30.1 Å². The molecule has 0 spiro atoms. The van der Waals surface area contributed by atoms with Crippen LogP contribution in [-0.4, -0.2) is 19.8 Å². The Morgan fingerprint density at radius 1 is 0.950 bits per heavy atom. The van der Waals surface area contributed by atoms with Gasteiger partial charge in [-0.15, -0.1) is 0 Å². The van der Waals surface area contributed by atoms with Crippen LogP contribution in [0, 0.1) is 0 Å². The molecule has 0 aliphatic heterocycles. The van der Waals surface area contributed by atoms with Crippen LogP contribution >= 0.6 is 0 Å².